The minimum Gasteiger partial charge on any atom is -0.457 e. The molecule has 6 N–H and O–H groups in total. The van der Waals surface area contributed by atoms with E-state index in [9.17, 15) is 27.0 Å². The van der Waals surface area contributed by atoms with Gasteiger partial charge in [-0.3, -0.25) is 14.3 Å². The molecule has 14 heteroatoms. The number of hydrogen-bond acceptors (Lipinski definition) is 7. The smallest absolute Gasteiger partial charge is 0.323 e. The molecule has 3 amide bonds. The molecule has 3 heterocycles. The Balaban J connectivity index is 1.18. The average molecular weight is 609 g/mol. The Bertz CT molecular complexity index is 1740. The van der Waals surface area contributed by atoms with Crippen LogP contribution in [0.3, 0.4) is 0 Å². The number of carbonyl (C=O) groups is 2. The molecule has 1 aliphatic rings. The van der Waals surface area contributed by atoms with Gasteiger partial charge in [-0.1, -0.05) is 6.07 Å². The third-order valence-corrected chi connectivity index (χ3v) is 8.26. The standard InChI is InChI=1S/C29H29FN6O6S/c30-24-6-1-18(16-31)13-25(24)35-29(38)34-20-2-4-21(5-3-20)42-22-7-10-32-27(15-22)26-14-19(17-33-26)28(37)36-11-8-23(9-12-36)43(39,40)41/h1-7,10,13-15,17,23,33H,8-9,11-12,16,31H2,(H2,34,35,38)(H,39,40,41). The van der Waals surface area contributed by atoms with Crippen molar-refractivity contribution in [1.82, 2.24) is 14.9 Å². The molecule has 5 rings (SSSR count). The number of pyridine rings is 1. The molecular weight excluding hydrogens is 579 g/mol. The van der Waals surface area contributed by atoms with E-state index < -0.39 is 27.2 Å². The predicted molar refractivity (Wildman–Crippen MR) is 158 cm³/mol. The highest BCUT2D eigenvalue weighted by atomic mass is 32.2. The van der Waals surface area contributed by atoms with Crippen LogP contribution in [0.15, 0.2) is 73.1 Å². The number of hydrogen-bond donors (Lipinski definition) is 5. The number of aromatic nitrogens is 2. The Hall–Kier alpha value is -4.79. The molecule has 43 heavy (non-hydrogen) atoms. The lowest BCUT2D eigenvalue weighted by Gasteiger charge is -2.30. The highest BCUT2D eigenvalue weighted by Crippen LogP contribution is 2.27. The number of benzene rings is 2. The largest absolute Gasteiger partial charge is 0.457 e. The summed E-state index contributed by atoms with van der Waals surface area (Å²) in [6.07, 6.45) is 3.48. The van der Waals surface area contributed by atoms with Crippen molar-refractivity contribution in [1.29, 1.82) is 0 Å². The molecule has 224 valence electrons. The van der Waals surface area contributed by atoms with Crippen molar-refractivity contribution in [2.45, 2.75) is 24.6 Å². The van der Waals surface area contributed by atoms with Crippen LogP contribution in [-0.2, 0) is 16.7 Å². The van der Waals surface area contributed by atoms with Gasteiger partial charge in [0.25, 0.3) is 16.0 Å². The second-order valence-electron chi connectivity index (χ2n) is 9.91. The van der Waals surface area contributed by atoms with Gasteiger partial charge in [0.1, 0.15) is 17.3 Å². The first-order valence-corrected chi connectivity index (χ1v) is 14.8. The summed E-state index contributed by atoms with van der Waals surface area (Å²) in [7, 11) is -4.12. The molecule has 2 aromatic heterocycles. The maximum atomic E-state index is 14.0. The molecule has 0 spiro atoms. The highest BCUT2D eigenvalue weighted by molar-refractivity contribution is 7.86. The van der Waals surface area contributed by atoms with Crippen LogP contribution < -0.4 is 21.1 Å². The van der Waals surface area contributed by atoms with Crippen LogP contribution in [0.2, 0.25) is 0 Å². The van der Waals surface area contributed by atoms with Gasteiger partial charge in [-0.2, -0.15) is 8.42 Å². The van der Waals surface area contributed by atoms with E-state index in [1.807, 2.05) is 0 Å². The van der Waals surface area contributed by atoms with Gasteiger partial charge in [0.2, 0.25) is 0 Å². The van der Waals surface area contributed by atoms with Crippen molar-refractivity contribution in [2.75, 3.05) is 23.7 Å². The van der Waals surface area contributed by atoms with Gasteiger partial charge in [-0.25, -0.2) is 9.18 Å². The molecule has 0 saturated carbocycles. The number of anilines is 2. The number of carbonyl (C=O) groups excluding carboxylic acids is 2. The quantitative estimate of drug-likeness (QED) is 0.180. The lowest BCUT2D eigenvalue weighted by molar-refractivity contribution is 0.0724. The van der Waals surface area contributed by atoms with Crippen LogP contribution in [0.1, 0.15) is 28.8 Å². The van der Waals surface area contributed by atoms with Crippen molar-refractivity contribution >= 4 is 33.4 Å². The number of piperidine rings is 1. The van der Waals surface area contributed by atoms with E-state index >= 15 is 0 Å². The fourth-order valence-corrected chi connectivity index (χ4v) is 5.46. The maximum absolute atomic E-state index is 14.0. The Morgan fingerprint density at radius 3 is 2.49 bits per heavy atom. The summed E-state index contributed by atoms with van der Waals surface area (Å²) < 4.78 is 51.9. The van der Waals surface area contributed by atoms with Crippen molar-refractivity contribution in [3.63, 3.8) is 0 Å². The minimum absolute atomic E-state index is 0.0211. The lowest BCUT2D eigenvalue weighted by Crippen LogP contribution is -2.42. The van der Waals surface area contributed by atoms with Crippen LogP contribution in [0.4, 0.5) is 20.6 Å². The monoisotopic (exact) mass is 608 g/mol. The molecule has 1 saturated heterocycles. The summed E-state index contributed by atoms with van der Waals surface area (Å²) in [6, 6.07) is 15.2. The SMILES string of the molecule is NCc1ccc(F)c(NC(=O)Nc2ccc(Oc3ccnc(-c4cc(C(=O)N5CCC(S(=O)(=O)O)CC5)c[nH]4)c3)cc2)c1. The van der Waals surface area contributed by atoms with Crippen molar-refractivity contribution in [3.05, 3.63) is 90.0 Å². The van der Waals surface area contributed by atoms with Crippen molar-refractivity contribution < 1.29 is 31.7 Å². The first-order valence-electron chi connectivity index (χ1n) is 13.3. The molecule has 0 unspecified atom stereocenters. The summed E-state index contributed by atoms with van der Waals surface area (Å²) >= 11 is 0. The van der Waals surface area contributed by atoms with E-state index in [4.69, 9.17) is 10.5 Å². The summed E-state index contributed by atoms with van der Waals surface area (Å²) in [6.45, 7) is 0.670. The molecule has 1 aliphatic heterocycles. The van der Waals surface area contributed by atoms with Crippen molar-refractivity contribution in [2.24, 2.45) is 5.73 Å². The first kappa shape index (κ1) is 29.7. The van der Waals surface area contributed by atoms with Crippen molar-refractivity contribution in [3.8, 4) is 22.9 Å². The molecule has 12 nitrogen and oxygen atoms in total. The van der Waals surface area contributed by atoms with E-state index in [2.05, 4.69) is 20.6 Å². The lowest BCUT2D eigenvalue weighted by atomic mass is 10.1. The zero-order valence-corrected chi connectivity index (χ0v) is 23.6. The van der Waals surface area contributed by atoms with Gasteiger partial charge in [0.15, 0.2) is 0 Å². The summed E-state index contributed by atoms with van der Waals surface area (Å²) in [5, 5.41) is 4.25. The fourth-order valence-electron chi connectivity index (χ4n) is 4.65. The summed E-state index contributed by atoms with van der Waals surface area (Å²) in [5.41, 5.74) is 8.25. The predicted octanol–water partition coefficient (Wildman–Crippen LogP) is 4.60. The first-order chi connectivity index (χ1) is 20.6. The van der Waals surface area contributed by atoms with Gasteiger partial charge < -0.3 is 31.0 Å². The Labute approximate surface area is 246 Å². The Morgan fingerprint density at radius 2 is 1.79 bits per heavy atom. The molecule has 0 atom stereocenters. The number of likely N-dealkylation sites (tertiary alicyclic amines) is 1. The van der Waals surface area contributed by atoms with E-state index in [0.717, 1.165) is 0 Å². The third kappa shape index (κ3) is 7.35. The van der Waals surface area contributed by atoms with Gasteiger partial charge in [0, 0.05) is 43.8 Å². The van der Waals surface area contributed by atoms with Gasteiger partial charge in [-0.05, 0) is 66.9 Å². The molecule has 4 aromatic rings. The zero-order chi connectivity index (χ0) is 30.6. The van der Waals surface area contributed by atoms with E-state index in [-0.39, 0.29) is 44.1 Å². The highest BCUT2D eigenvalue weighted by Gasteiger charge is 2.31. The number of nitrogens with two attached hydrogens (primary N) is 1. The second-order valence-corrected chi connectivity index (χ2v) is 11.6. The normalized spacial score (nSPS) is 13.9. The third-order valence-electron chi connectivity index (χ3n) is 6.95. The second kappa shape index (κ2) is 12.6. The van der Waals surface area contributed by atoms with Gasteiger partial charge >= 0.3 is 6.03 Å². The van der Waals surface area contributed by atoms with Crippen LogP contribution in [0, 0.1) is 5.82 Å². The minimum atomic E-state index is -4.12. The Kier molecular flexibility index (Phi) is 8.71. The van der Waals surface area contributed by atoms with E-state index in [0.29, 0.717) is 39.7 Å². The van der Waals surface area contributed by atoms with E-state index in [1.54, 1.807) is 65.8 Å². The van der Waals surface area contributed by atoms with Crippen LogP contribution in [0.5, 0.6) is 11.5 Å². The number of nitrogens with zero attached hydrogens (tertiary/aromatic N) is 2. The topological polar surface area (TPSA) is 180 Å². The van der Waals surface area contributed by atoms with Crippen LogP contribution in [-0.4, -0.2) is 58.1 Å². The van der Waals surface area contributed by atoms with E-state index in [1.165, 1.54) is 12.1 Å². The summed E-state index contributed by atoms with van der Waals surface area (Å²) in [5.74, 6) is 0.141. The number of aromatic amines is 1. The molecular formula is C29H29FN6O6S. The summed E-state index contributed by atoms with van der Waals surface area (Å²) in [4.78, 5) is 34.2. The average Bonchev–Trinajstić information content (AvgIpc) is 3.49. The number of halogens is 1. The van der Waals surface area contributed by atoms with Gasteiger partial charge in [-0.15, -0.1) is 0 Å². The number of urea groups is 1. The molecule has 0 aliphatic carbocycles. The number of ether oxygens (including phenoxy) is 1. The molecule has 0 radical (unpaired) electrons. The number of nitrogens with one attached hydrogen (secondary N) is 3. The molecule has 1 fully saturated rings. The molecule has 2 aromatic carbocycles. The number of rotatable bonds is 8. The zero-order valence-electron chi connectivity index (χ0n) is 22.8. The van der Waals surface area contributed by atoms with Crippen LogP contribution >= 0.6 is 0 Å². The van der Waals surface area contributed by atoms with Crippen LogP contribution in [0.25, 0.3) is 11.4 Å². The number of amides is 3. The maximum Gasteiger partial charge on any atom is 0.323 e. The fraction of sp³-hybridized carbons (Fsp3) is 0.207. The molecule has 0 bridgehead atoms. The Morgan fingerprint density at radius 1 is 1.05 bits per heavy atom. The number of H-pyrrole nitrogens is 1. The van der Waals surface area contributed by atoms with Gasteiger partial charge in [0.05, 0.1) is 27.9 Å².